The minimum absolute atomic E-state index is 0.321. The third-order valence-corrected chi connectivity index (χ3v) is 1.18. The van der Waals surface area contributed by atoms with Gasteiger partial charge >= 0.3 is 57.5 Å². The molecule has 1 aromatic rings. The van der Waals surface area contributed by atoms with Gasteiger partial charge in [-0.1, -0.05) is 0 Å². The molecule has 0 aliphatic rings. The maximum atomic E-state index is 12.5. The first-order valence-electron chi connectivity index (χ1n) is 2.81. The van der Waals surface area contributed by atoms with Gasteiger partial charge in [-0.3, -0.25) is 0 Å². The van der Waals surface area contributed by atoms with Crippen LogP contribution < -0.4 is 5.46 Å². The molecule has 3 heteroatoms. The van der Waals surface area contributed by atoms with Gasteiger partial charge in [0.1, 0.15) is 0 Å². The van der Waals surface area contributed by atoms with Crippen LogP contribution in [0.2, 0.25) is 0 Å². The standard InChI is InChI=1S/C7H5BF2/c1-8-6-3-2-5(9)4-7(6)10/h2-4H,1H2. The number of rotatable bonds is 1. The van der Waals surface area contributed by atoms with Crippen molar-refractivity contribution in [3.63, 3.8) is 0 Å². The molecule has 0 nitrogen and oxygen atoms in total. The normalized spacial score (nSPS) is 9.00. The van der Waals surface area contributed by atoms with Crippen LogP contribution in [0.15, 0.2) is 18.2 Å². The van der Waals surface area contributed by atoms with Gasteiger partial charge in [0.25, 0.3) is 0 Å². The van der Waals surface area contributed by atoms with E-state index in [2.05, 4.69) is 6.47 Å². The van der Waals surface area contributed by atoms with Crippen LogP contribution in [0.5, 0.6) is 0 Å². The second kappa shape index (κ2) is 2.73. The van der Waals surface area contributed by atoms with Crippen LogP contribution in [-0.4, -0.2) is 13.4 Å². The van der Waals surface area contributed by atoms with Crippen molar-refractivity contribution >= 4 is 18.9 Å². The van der Waals surface area contributed by atoms with Crippen molar-refractivity contribution in [3.05, 3.63) is 29.8 Å². The van der Waals surface area contributed by atoms with Crippen LogP contribution in [0.3, 0.4) is 0 Å². The van der Waals surface area contributed by atoms with Crippen LogP contribution in [0.1, 0.15) is 0 Å². The summed E-state index contributed by atoms with van der Waals surface area (Å²) in [5.41, 5.74) is 0.321. The summed E-state index contributed by atoms with van der Waals surface area (Å²) >= 11 is 0. The Morgan fingerprint density at radius 3 is 2.50 bits per heavy atom. The van der Waals surface area contributed by atoms with Gasteiger partial charge in [0.15, 0.2) is 0 Å². The van der Waals surface area contributed by atoms with Crippen LogP contribution in [0, 0.1) is 11.6 Å². The zero-order chi connectivity index (χ0) is 7.56. The molecule has 0 aliphatic heterocycles. The summed E-state index contributed by atoms with van der Waals surface area (Å²) in [5, 5.41) is 0. The van der Waals surface area contributed by atoms with E-state index in [9.17, 15) is 8.78 Å². The van der Waals surface area contributed by atoms with E-state index in [1.165, 1.54) is 19.1 Å². The predicted molar refractivity (Wildman–Crippen MR) is 38.9 cm³/mol. The summed E-state index contributed by atoms with van der Waals surface area (Å²) in [6.07, 6.45) is 0. The van der Waals surface area contributed by atoms with Crippen molar-refractivity contribution in [2.75, 3.05) is 0 Å². The molecule has 0 radical (unpaired) electrons. The van der Waals surface area contributed by atoms with Gasteiger partial charge in [-0.25, -0.2) is 0 Å². The van der Waals surface area contributed by atoms with Crippen LogP contribution in [0.25, 0.3) is 0 Å². The van der Waals surface area contributed by atoms with Gasteiger partial charge in [0.05, 0.1) is 0 Å². The molecule has 0 amide bonds. The zero-order valence-electron chi connectivity index (χ0n) is 5.27. The maximum absolute atomic E-state index is 12.5. The fourth-order valence-electron chi connectivity index (χ4n) is 0.667. The Balaban J connectivity index is 3.19. The summed E-state index contributed by atoms with van der Waals surface area (Å²) in [6, 6.07) is 3.37. The summed E-state index contributed by atoms with van der Waals surface area (Å²) in [6.45, 7) is 4.70. The molecule has 0 fully saturated rings. The summed E-state index contributed by atoms with van der Waals surface area (Å²) < 4.78 is 24.7. The fraction of sp³-hybridized carbons (Fsp3) is 0. The molecule has 0 spiro atoms. The summed E-state index contributed by atoms with van der Waals surface area (Å²) in [4.78, 5) is 0. The Kier molecular flexibility index (Phi) is 1.95. The predicted octanol–water partition coefficient (Wildman–Crippen LogP) is 0.726. The molecule has 0 heterocycles. The molecular weight excluding hydrogens is 133 g/mol. The van der Waals surface area contributed by atoms with Gasteiger partial charge < -0.3 is 0 Å². The van der Waals surface area contributed by atoms with E-state index < -0.39 is 11.6 Å². The first-order chi connectivity index (χ1) is 4.74. The Labute approximate surface area is 58.4 Å². The molecule has 1 rings (SSSR count). The van der Waals surface area contributed by atoms with Crippen LogP contribution in [-0.2, 0) is 0 Å². The van der Waals surface area contributed by atoms with Crippen molar-refractivity contribution in [1.29, 1.82) is 0 Å². The second-order valence-corrected chi connectivity index (χ2v) is 1.87. The number of halogens is 2. The van der Waals surface area contributed by atoms with Gasteiger partial charge in [-0.2, -0.15) is 0 Å². The Morgan fingerprint density at radius 1 is 1.30 bits per heavy atom. The van der Waals surface area contributed by atoms with E-state index in [1.807, 2.05) is 0 Å². The quantitative estimate of drug-likeness (QED) is 0.501. The number of benzene rings is 1. The Hall–Kier alpha value is -0.985. The molecular formula is C7H5BF2. The third kappa shape index (κ3) is 1.29. The minimum atomic E-state index is -0.574. The average Bonchev–Trinajstić information content (AvgIpc) is 1.88. The van der Waals surface area contributed by atoms with Crippen molar-refractivity contribution in [2.45, 2.75) is 0 Å². The molecule has 1 aromatic carbocycles. The van der Waals surface area contributed by atoms with E-state index in [1.54, 1.807) is 0 Å². The van der Waals surface area contributed by atoms with E-state index in [4.69, 9.17) is 0 Å². The summed E-state index contributed by atoms with van der Waals surface area (Å²) in [7, 11) is 0. The molecule has 0 unspecified atom stereocenters. The van der Waals surface area contributed by atoms with Gasteiger partial charge in [-0.05, 0) is 0 Å². The molecule has 10 heavy (non-hydrogen) atoms. The molecule has 0 aliphatic carbocycles. The first kappa shape index (κ1) is 7.13. The van der Waals surface area contributed by atoms with Gasteiger partial charge in [0.2, 0.25) is 0 Å². The van der Waals surface area contributed by atoms with E-state index >= 15 is 0 Å². The third-order valence-electron chi connectivity index (χ3n) is 1.18. The van der Waals surface area contributed by atoms with Crippen molar-refractivity contribution in [2.24, 2.45) is 0 Å². The molecule has 50 valence electrons. The molecule has 0 saturated carbocycles. The molecule has 0 saturated heterocycles. The van der Waals surface area contributed by atoms with Crippen LogP contribution in [0.4, 0.5) is 8.78 Å². The molecule has 0 atom stereocenters. The average molecular weight is 138 g/mol. The van der Waals surface area contributed by atoms with E-state index in [-0.39, 0.29) is 0 Å². The number of hydrogen-bond donors (Lipinski definition) is 0. The van der Waals surface area contributed by atoms with E-state index in [0.29, 0.717) is 5.46 Å². The van der Waals surface area contributed by atoms with Crippen LogP contribution >= 0.6 is 0 Å². The topological polar surface area (TPSA) is 0 Å². The number of hydrogen-bond acceptors (Lipinski definition) is 0. The Morgan fingerprint density at radius 2 is 2.00 bits per heavy atom. The first-order valence-corrected chi connectivity index (χ1v) is 2.81. The fourth-order valence-corrected chi connectivity index (χ4v) is 0.667. The van der Waals surface area contributed by atoms with Gasteiger partial charge in [-0.15, -0.1) is 0 Å². The molecule has 0 aromatic heterocycles. The monoisotopic (exact) mass is 138 g/mol. The summed E-state index contributed by atoms with van der Waals surface area (Å²) in [5.74, 6) is -1.14. The zero-order valence-corrected chi connectivity index (χ0v) is 5.27. The second-order valence-electron chi connectivity index (χ2n) is 1.87. The van der Waals surface area contributed by atoms with Crippen molar-refractivity contribution < 1.29 is 8.78 Å². The molecule has 0 N–H and O–H groups in total. The Bertz CT molecular complexity index is 258. The van der Waals surface area contributed by atoms with E-state index in [0.717, 1.165) is 6.07 Å². The van der Waals surface area contributed by atoms with Crippen molar-refractivity contribution in [1.82, 2.24) is 0 Å². The van der Waals surface area contributed by atoms with Crippen molar-refractivity contribution in [3.8, 4) is 0 Å². The van der Waals surface area contributed by atoms with Gasteiger partial charge in [0, 0.05) is 0 Å². The SMILES string of the molecule is C=Bc1ccc(F)cc1F. The molecule has 0 bridgehead atoms.